The fourth-order valence-electron chi connectivity index (χ4n) is 3.51. The number of hydrogen-bond donors (Lipinski definition) is 1. The summed E-state index contributed by atoms with van der Waals surface area (Å²) >= 11 is 0. The highest BCUT2D eigenvalue weighted by molar-refractivity contribution is 6.11. The fraction of sp³-hybridized carbons (Fsp3) is 0.0345. The van der Waals surface area contributed by atoms with Gasteiger partial charge in [-0.15, -0.1) is 0 Å². The molecule has 0 aliphatic rings. The second-order valence-corrected chi connectivity index (χ2v) is 7.34. The quantitative estimate of drug-likeness (QED) is 0.289. The van der Waals surface area contributed by atoms with Gasteiger partial charge in [0.05, 0.1) is 11.6 Å². The molecule has 0 aromatic heterocycles. The summed E-state index contributed by atoms with van der Waals surface area (Å²) in [7, 11) is 0. The number of benzene rings is 4. The molecular weight excluding hydrogens is 392 g/mol. The average Bonchev–Trinajstić information content (AvgIpc) is 2.87. The van der Waals surface area contributed by atoms with Crippen molar-refractivity contribution in [1.82, 2.24) is 5.43 Å². The van der Waals surface area contributed by atoms with E-state index in [1.165, 1.54) is 0 Å². The normalized spacial score (nSPS) is 11.6. The maximum Gasteiger partial charge on any atom is 0.252 e. The molecule has 0 radical (unpaired) electrons. The first kappa shape index (κ1) is 21.0. The highest BCUT2D eigenvalue weighted by atomic mass is 16.2. The Morgan fingerprint density at radius 2 is 1.12 bits per heavy atom. The topological polar surface area (TPSA) is 41.5 Å². The monoisotopic (exact) mass is 416 g/mol. The molecule has 32 heavy (non-hydrogen) atoms. The van der Waals surface area contributed by atoms with Crippen molar-refractivity contribution in [3.05, 3.63) is 150 Å². The van der Waals surface area contributed by atoms with E-state index < -0.39 is 5.92 Å². The molecular formula is C29H24N2O. The maximum absolute atomic E-state index is 13.3. The second kappa shape index (κ2) is 10.7. The maximum atomic E-state index is 13.3. The van der Waals surface area contributed by atoms with E-state index in [1.807, 2.05) is 133 Å². The molecule has 0 fully saturated rings. The second-order valence-electron chi connectivity index (χ2n) is 7.34. The zero-order chi connectivity index (χ0) is 22.0. The summed E-state index contributed by atoms with van der Waals surface area (Å²) in [5.41, 5.74) is 7.33. The van der Waals surface area contributed by atoms with Gasteiger partial charge >= 0.3 is 0 Å². The Morgan fingerprint density at radius 3 is 1.66 bits per heavy atom. The Hall–Kier alpha value is -4.24. The zero-order valence-electron chi connectivity index (χ0n) is 17.6. The predicted molar refractivity (Wildman–Crippen MR) is 131 cm³/mol. The van der Waals surface area contributed by atoms with Crippen LogP contribution in [0.2, 0.25) is 0 Å². The lowest BCUT2D eigenvalue weighted by Crippen LogP contribution is -2.27. The van der Waals surface area contributed by atoms with Crippen LogP contribution in [0.5, 0.6) is 0 Å². The van der Waals surface area contributed by atoms with Gasteiger partial charge in [-0.2, -0.15) is 5.10 Å². The van der Waals surface area contributed by atoms with E-state index in [2.05, 4.69) is 10.5 Å². The van der Waals surface area contributed by atoms with Crippen LogP contribution < -0.4 is 5.43 Å². The summed E-state index contributed by atoms with van der Waals surface area (Å²) in [4.78, 5) is 13.3. The third kappa shape index (κ3) is 5.46. The van der Waals surface area contributed by atoms with E-state index in [0.29, 0.717) is 5.71 Å². The van der Waals surface area contributed by atoms with Crippen molar-refractivity contribution in [1.29, 1.82) is 0 Å². The van der Waals surface area contributed by atoms with Gasteiger partial charge in [0, 0.05) is 5.56 Å². The molecule has 0 heterocycles. The summed E-state index contributed by atoms with van der Waals surface area (Å²) in [5.74, 6) is -0.625. The summed E-state index contributed by atoms with van der Waals surface area (Å²) < 4.78 is 0. The van der Waals surface area contributed by atoms with Crippen LogP contribution in [-0.2, 0) is 4.79 Å². The van der Waals surface area contributed by atoms with Crippen molar-refractivity contribution >= 4 is 17.7 Å². The molecule has 3 nitrogen and oxygen atoms in total. The number of nitrogens with zero attached hydrogens (tertiary/aromatic N) is 1. The van der Waals surface area contributed by atoms with Crippen molar-refractivity contribution in [2.45, 2.75) is 5.92 Å². The summed E-state index contributed by atoms with van der Waals surface area (Å²) in [6, 6.07) is 39.4. The number of carbonyl (C=O) groups is 1. The first-order valence-corrected chi connectivity index (χ1v) is 10.6. The molecule has 0 saturated heterocycles. The summed E-state index contributed by atoms with van der Waals surface area (Å²) in [5, 5.41) is 4.51. The highest BCUT2D eigenvalue weighted by Crippen LogP contribution is 2.24. The SMILES string of the molecule is O=C(N/N=C(/C=C/c1ccccc1)c1ccccc1)C(c1ccccc1)c1ccccc1. The molecule has 0 bridgehead atoms. The minimum atomic E-state index is -0.448. The van der Waals surface area contributed by atoms with Crippen LogP contribution in [0.15, 0.2) is 133 Å². The van der Waals surface area contributed by atoms with E-state index in [0.717, 1.165) is 22.3 Å². The van der Waals surface area contributed by atoms with E-state index in [9.17, 15) is 4.79 Å². The van der Waals surface area contributed by atoms with E-state index >= 15 is 0 Å². The first-order valence-electron chi connectivity index (χ1n) is 10.6. The van der Waals surface area contributed by atoms with E-state index in [4.69, 9.17) is 0 Å². The fourth-order valence-corrected chi connectivity index (χ4v) is 3.51. The molecule has 0 unspecified atom stereocenters. The van der Waals surface area contributed by atoms with Crippen molar-refractivity contribution < 1.29 is 4.79 Å². The van der Waals surface area contributed by atoms with Gasteiger partial charge in [0.2, 0.25) is 0 Å². The lowest BCUT2D eigenvalue weighted by atomic mass is 9.91. The molecule has 0 spiro atoms. The minimum absolute atomic E-state index is 0.177. The van der Waals surface area contributed by atoms with Crippen LogP contribution in [0.25, 0.3) is 6.08 Å². The number of carbonyl (C=O) groups excluding carboxylic acids is 1. The van der Waals surface area contributed by atoms with Crippen molar-refractivity contribution in [3.63, 3.8) is 0 Å². The Labute approximate surface area is 188 Å². The van der Waals surface area contributed by atoms with Crippen molar-refractivity contribution in [3.8, 4) is 0 Å². The third-order valence-electron chi connectivity index (χ3n) is 5.12. The van der Waals surface area contributed by atoms with Gasteiger partial charge in [0.15, 0.2) is 0 Å². The lowest BCUT2D eigenvalue weighted by Gasteiger charge is -2.16. The Balaban J connectivity index is 1.64. The molecule has 0 aliphatic heterocycles. The van der Waals surface area contributed by atoms with Crippen LogP contribution in [-0.4, -0.2) is 11.6 Å². The van der Waals surface area contributed by atoms with E-state index in [1.54, 1.807) is 0 Å². The molecule has 0 saturated carbocycles. The van der Waals surface area contributed by atoms with Crippen molar-refractivity contribution in [2.24, 2.45) is 5.10 Å². The van der Waals surface area contributed by atoms with Crippen molar-refractivity contribution in [2.75, 3.05) is 0 Å². The van der Waals surface area contributed by atoms with Gasteiger partial charge in [-0.05, 0) is 22.8 Å². The molecule has 1 N–H and O–H groups in total. The van der Waals surface area contributed by atoms with Gasteiger partial charge < -0.3 is 0 Å². The Morgan fingerprint density at radius 1 is 0.656 bits per heavy atom. The van der Waals surface area contributed by atoms with Crippen LogP contribution in [0.3, 0.4) is 0 Å². The standard InChI is InChI=1S/C29H24N2O/c32-29(28(25-17-9-3-10-18-25)26-19-11-4-12-20-26)31-30-27(24-15-7-2-8-16-24)22-21-23-13-5-1-6-14-23/h1-22,28H,(H,31,32)/b22-21+,30-27-. The number of hydrazone groups is 1. The largest absolute Gasteiger partial charge is 0.272 e. The average molecular weight is 417 g/mol. The smallest absolute Gasteiger partial charge is 0.252 e. The van der Waals surface area contributed by atoms with Gasteiger partial charge in [-0.25, -0.2) is 5.43 Å². The van der Waals surface area contributed by atoms with Crippen LogP contribution >= 0.6 is 0 Å². The Kier molecular flexibility index (Phi) is 7.02. The van der Waals surface area contributed by atoms with Gasteiger partial charge in [0.25, 0.3) is 5.91 Å². The van der Waals surface area contributed by atoms with Crippen LogP contribution in [0.4, 0.5) is 0 Å². The molecule has 0 aliphatic carbocycles. The summed E-state index contributed by atoms with van der Waals surface area (Å²) in [6.07, 6.45) is 3.91. The van der Waals surface area contributed by atoms with Gasteiger partial charge in [-0.3, -0.25) is 4.79 Å². The molecule has 0 atom stereocenters. The van der Waals surface area contributed by atoms with Gasteiger partial charge in [0.1, 0.15) is 0 Å². The van der Waals surface area contributed by atoms with Gasteiger partial charge in [-0.1, -0.05) is 127 Å². The lowest BCUT2D eigenvalue weighted by molar-refractivity contribution is -0.121. The highest BCUT2D eigenvalue weighted by Gasteiger charge is 2.22. The number of rotatable bonds is 7. The van der Waals surface area contributed by atoms with Crippen LogP contribution in [0, 0.1) is 0 Å². The predicted octanol–water partition coefficient (Wildman–Crippen LogP) is 6.05. The molecule has 4 aromatic rings. The van der Waals surface area contributed by atoms with E-state index in [-0.39, 0.29) is 5.91 Å². The van der Waals surface area contributed by atoms with Crippen LogP contribution in [0.1, 0.15) is 28.2 Å². The summed E-state index contributed by atoms with van der Waals surface area (Å²) in [6.45, 7) is 0. The minimum Gasteiger partial charge on any atom is -0.272 e. The number of nitrogens with one attached hydrogen (secondary N) is 1. The first-order chi connectivity index (χ1) is 15.8. The Bertz CT molecular complexity index is 1150. The molecule has 3 heteroatoms. The number of allylic oxidation sites excluding steroid dienone is 1. The molecule has 4 aromatic carbocycles. The molecule has 156 valence electrons. The third-order valence-corrected chi connectivity index (χ3v) is 5.12. The molecule has 1 amide bonds. The molecule has 4 rings (SSSR count). The number of hydrogen-bond acceptors (Lipinski definition) is 2. The number of amides is 1. The zero-order valence-corrected chi connectivity index (χ0v) is 17.6.